The van der Waals surface area contributed by atoms with E-state index >= 15 is 0 Å². The van der Waals surface area contributed by atoms with E-state index in [0.29, 0.717) is 23.0 Å². The van der Waals surface area contributed by atoms with Gasteiger partial charge in [-0.05, 0) is 37.8 Å². The first-order valence-corrected chi connectivity index (χ1v) is 16.5. The highest BCUT2D eigenvalue weighted by molar-refractivity contribution is 8.11. The molecule has 140 valence electrons. The number of rotatable bonds is 6. The minimum atomic E-state index is -1.85. The molecule has 0 N–H and O–H groups in total. The van der Waals surface area contributed by atoms with E-state index in [1.54, 1.807) is 0 Å². The monoisotopic (exact) mass is 414 g/mol. The lowest BCUT2D eigenvalue weighted by molar-refractivity contribution is 0.259. The Morgan fingerprint density at radius 3 is 1.60 bits per heavy atom. The molecule has 0 aromatic carbocycles. The molecule has 0 amide bonds. The fourth-order valence-electron chi connectivity index (χ4n) is 1.84. The number of nitriles is 2. The smallest absolute Gasteiger partial charge is 0.192 e. The van der Waals surface area contributed by atoms with Crippen LogP contribution in [0.1, 0.15) is 20.8 Å². The maximum Gasteiger partial charge on any atom is 0.192 e. The quantitative estimate of drug-likeness (QED) is 0.547. The molecule has 2 unspecified atom stereocenters. The molecule has 1 heterocycles. The third kappa shape index (κ3) is 6.78. The van der Waals surface area contributed by atoms with Crippen molar-refractivity contribution >= 4 is 40.2 Å². The van der Waals surface area contributed by atoms with Crippen molar-refractivity contribution in [2.24, 2.45) is 0 Å². The van der Waals surface area contributed by atoms with Gasteiger partial charge in [0.2, 0.25) is 0 Å². The van der Waals surface area contributed by atoms with E-state index in [2.05, 4.69) is 65.6 Å². The summed E-state index contributed by atoms with van der Waals surface area (Å²) in [5.41, 5.74) is 0. The summed E-state index contributed by atoms with van der Waals surface area (Å²) >= 11 is 2.96. The summed E-state index contributed by atoms with van der Waals surface area (Å²) in [6.07, 6.45) is 0. The van der Waals surface area contributed by atoms with Gasteiger partial charge in [0, 0.05) is 23.7 Å². The molecule has 0 radical (unpaired) electrons. The Hall–Kier alpha value is -0.226. The largest absolute Gasteiger partial charge is 0.416 e. The molecular formula is C17H30N2O2S2Si2. The van der Waals surface area contributed by atoms with E-state index < -0.39 is 16.6 Å². The van der Waals surface area contributed by atoms with Gasteiger partial charge in [0.05, 0.1) is 0 Å². The average molecular weight is 415 g/mol. The van der Waals surface area contributed by atoms with E-state index in [4.69, 9.17) is 8.85 Å². The predicted molar refractivity (Wildman–Crippen MR) is 113 cm³/mol. The first kappa shape index (κ1) is 22.8. The van der Waals surface area contributed by atoms with E-state index in [-0.39, 0.29) is 15.5 Å². The van der Waals surface area contributed by atoms with Gasteiger partial charge in [0.25, 0.3) is 0 Å². The van der Waals surface area contributed by atoms with Crippen LogP contribution in [0.5, 0.6) is 0 Å². The Balaban J connectivity index is 2.93. The molecule has 0 spiro atoms. The summed E-state index contributed by atoms with van der Waals surface area (Å²) in [5, 5.41) is 19.1. The molecule has 2 atom stereocenters. The molecule has 0 saturated carbocycles. The maximum absolute atomic E-state index is 9.36. The topological polar surface area (TPSA) is 66.0 Å². The third-order valence-electron chi connectivity index (χ3n) is 4.46. The van der Waals surface area contributed by atoms with E-state index in [0.717, 1.165) is 0 Å². The number of nitrogens with zero attached hydrogens (tertiary/aromatic N) is 2. The van der Waals surface area contributed by atoms with E-state index in [9.17, 15) is 10.5 Å². The van der Waals surface area contributed by atoms with Gasteiger partial charge < -0.3 is 8.85 Å². The molecule has 0 fully saturated rings. The standard InChI is InChI=1S/C17H30N2O2S2Si2/c1-17(2,3)25(7,8)21-12-16-15(11-20-24(4,5)6)22-13(9-18)14(10-19)23-16/h15-16H,11-12H2,1-8H3. The third-order valence-corrected chi connectivity index (χ3v) is 12.9. The number of hydrogen-bond acceptors (Lipinski definition) is 6. The lowest BCUT2D eigenvalue weighted by atomic mass is 10.2. The Bertz CT molecular complexity index is 596. The SMILES string of the molecule is CC(C)(C)[Si](C)(C)OCC1SC(C#N)=C(C#N)SC1CO[Si](C)(C)C. The van der Waals surface area contributed by atoms with Crippen LogP contribution in [0.25, 0.3) is 0 Å². The van der Waals surface area contributed by atoms with Crippen molar-refractivity contribution in [1.29, 1.82) is 10.5 Å². The fourth-order valence-corrected chi connectivity index (χ4v) is 6.16. The summed E-state index contributed by atoms with van der Waals surface area (Å²) < 4.78 is 12.5. The van der Waals surface area contributed by atoms with Gasteiger partial charge in [-0.1, -0.05) is 20.8 Å². The Labute approximate surface area is 163 Å². The van der Waals surface area contributed by atoms with Crippen molar-refractivity contribution < 1.29 is 8.85 Å². The second-order valence-electron chi connectivity index (χ2n) is 8.69. The van der Waals surface area contributed by atoms with Gasteiger partial charge in [-0.15, -0.1) is 23.5 Å². The van der Waals surface area contributed by atoms with Crippen LogP contribution in [0, 0.1) is 22.7 Å². The Morgan fingerprint density at radius 1 is 0.880 bits per heavy atom. The summed E-state index contributed by atoms with van der Waals surface area (Å²) in [5.74, 6) is 0. The molecule has 0 bridgehead atoms. The fraction of sp³-hybridized carbons (Fsp3) is 0.765. The van der Waals surface area contributed by atoms with Crippen molar-refractivity contribution in [2.45, 2.75) is 69.0 Å². The molecule has 1 aliphatic heterocycles. The van der Waals surface area contributed by atoms with E-state index in [1.165, 1.54) is 23.5 Å². The summed E-state index contributed by atoms with van der Waals surface area (Å²) in [6, 6.07) is 4.35. The molecule has 1 rings (SSSR count). The minimum absolute atomic E-state index is 0.127. The van der Waals surface area contributed by atoms with Crippen LogP contribution in [0.4, 0.5) is 0 Å². The van der Waals surface area contributed by atoms with Crippen molar-refractivity contribution in [1.82, 2.24) is 0 Å². The maximum atomic E-state index is 9.36. The highest BCUT2D eigenvalue weighted by Crippen LogP contribution is 2.44. The van der Waals surface area contributed by atoms with E-state index in [1.807, 2.05) is 0 Å². The van der Waals surface area contributed by atoms with Crippen LogP contribution >= 0.6 is 23.5 Å². The zero-order valence-electron chi connectivity index (χ0n) is 16.6. The average Bonchev–Trinajstić information content (AvgIpc) is 2.48. The molecule has 4 nitrogen and oxygen atoms in total. The second kappa shape index (κ2) is 8.64. The minimum Gasteiger partial charge on any atom is -0.416 e. The van der Waals surface area contributed by atoms with Crippen molar-refractivity contribution in [2.75, 3.05) is 13.2 Å². The molecule has 0 aliphatic carbocycles. The predicted octanol–water partition coefficient (Wildman–Crippen LogP) is 5.34. The normalized spacial score (nSPS) is 22.5. The van der Waals surface area contributed by atoms with Crippen LogP contribution in [0.3, 0.4) is 0 Å². The lowest BCUT2D eigenvalue weighted by Gasteiger charge is -2.39. The van der Waals surface area contributed by atoms with Gasteiger partial charge in [-0.2, -0.15) is 10.5 Å². The van der Waals surface area contributed by atoms with Gasteiger partial charge in [-0.3, -0.25) is 0 Å². The molecule has 25 heavy (non-hydrogen) atoms. The van der Waals surface area contributed by atoms with Crippen LogP contribution in [-0.2, 0) is 8.85 Å². The number of allylic oxidation sites excluding steroid dienone is 2. The Kier molecular flexibility index (Phi) is 7.89. The van der Waals surface area contributed by atoms with Crippen LogP contribution < -0.4 is 0 Å². The summed E-state index contributed by atoms with van der Waals surface area (Å²) in [7, 11) is -3.49. The molecule has 0 aromatic heterocycles. The molecular weight excluding hydrogens is 385 g/mol. The molecule has 0 saturated heterocycles. The molecule has 0 aromatic rings. The summed E-state index contributed by atoms with van der Waals surface area (Å²) in [6.45, 7) is 18.8. The van der Waals surface area contributed by atoms with Gasteiger partial charge in [-0.25, -0.2) is 0 Å². The van der Waals surface area contributed by atoms with Gasteiger partial charge >= 0.3 is 0 Å². The first-order valence-electron chi connectivity index (χ1n) is 8.46. The molecule has 1 aliphatic rings. The Morgan fingerprint density at radius 2 is 1.28 bits per heavy atom. The number of thioether (sulfide) groups is 2. The highest BCUT2D eigenvalue weighted by Gasteiger charge is 2.40. The highest BCUT2D eigenvalue weighted by atomic mass is 32.2. The van der Waals surface area contributed by atoms with Crippen molar-refractivity contribution in [3.05, 3.63) is 9.81 Å². The second-order valence-corrected chi connectivity index (χ2v) is 20.5. The van der Waals surface area contributed by atoms with Gasteiger partial charge in [0.1, 0.15) is 21.9 Å². The van der Waals surface area contributed by atoms with Crippen LogP contribution in [0.15, 0.2) is 9.81 Å². The zero-order chi connectivity index (χ0) is 19.5. The van der Waals surface area contributed by atoms with Gasteiger partial charge in [0.15, 0.2) is 16.6 Å². The van der Waals surface area contributed by atoms with Crippen molar-refractivity contribution in [3.63, 3.8) is 0 Å². The summed E-state index contributed by atoms with van der Waals surface area (Å²) in [4.78, 5) is 1.03. The van der Waals surface area contributed by atoms with Crippen LogP contribution in [-0.4, -0.2) is 40.3 Å². The van der Waals surface area contributed by atoms with Crippen molar-refractivity contribution in [3.8, 4) is 12.1 Å². The zero-order valence-corrected chi connectivity index (χ0v) is 20.2. The lowest BCUT2D eigenvalue weighted by Crippen LogP contribution is -2.44. The van der Waals surface area contributed by atoms with Crippen LogP contribution in [0.2, 0.25) is 37.8 Å². The number of hydrogen-bond donors (Lipinski definition) is 0. The first-order chi connectivity index (χ1) is 11.3. The molecule has 8 heteroatoms.